The van der Waals surface area contributed by atoms with E-state index in [4.69, 9.17) is 4.74 Å². The molecule has 3 amide bonds. The average Bonchev–Trinajstić information content (AvgIpc) is 2.76. The monoisotopic (exact) mass is 533 g/mol. The number of aromatic nitrogens is 1. The van der Waals surface area contributed by atoms with Gasteiger partial charge in [0.25, 0.3) is 0 Å². The number of piperazine rings is 1. The van der Waals surface area contributed by atoms with Gasteiger partial charge < -0.3 is 25.6 Å². The summed E-state index contributed by atoms with van der Waals surface area (Å²) in [6.45, 7) is 9.87. The third-order valence-corrected chi connectivity index (χ3v) is 5.88. The van der Waals surface area contributed by atoms with Crippen molar-refractivity contribution in [3.8, 4) is 0 Å². The van der Waals surface area contributed by atoms with Gasteiger partial charge >= 0.3 is 6.09 Å². The third-order valence-electron chi connectivity index (χ3n) is 5.39. The highest BCUT2D eigenvalue weighted by Crippen LogP contribution is 2.21. The lowest BCUT2D eigenvalue weighted by atomic mass is 10.1. The van der Waals surface area contributed by atoms with E-state index in [0.29, 0.717) is 13.1 Å². The number of nitrogens with one attached hydrogen (secondary N) is 3. The van der Waals surface area contributed by atoms with Gasteiger partial charge in [-0.3, -0.25) is 14.6 Å². The van der Waals surface area contributed by atoms with Gasteiger partial charge in [0.2, 0.25) is 11.8 Å². The summed E-state index contributed by atoms with van der Waals surface area (Å²) in [6, 6.07) is 8.11. The van der Waals surface area contributed by atoms with Crippen LogP contribution in [0.25, 0.3) is 10.9 Å². The minimum Gasteiger partial charge on any atom is -0.444 e. The minimum absolute atomic E-state index is 0.204. The van der Waals surface area contributed by atoms with E-state index in [1.807, 2.05) is 37.3 Å². The Morgan fingerprint density at radius 1 is 1.18 bits per heavy atom. The Bertz CT molecular complexity index is 1070. The van der Waals surface area contributed by atoms with E-state index >= 15 is 0 Å². The van der Waals surface area contributed by atoms with E-state index in [9.17, 15) is 14.4 Å². The van der Waals surface area contributed by atoms with Crippen molar-refractivity contribution >= 4 is 44.7 Å². The van der Waals surface area contributed by atoms with Crippen LogP contribution in [0.2, 0.25) is 0 Å². The number of carbonyl (C=O) groups excluding carboxylic acids is 3. The number of fused-ring (bicyclic) bond motifs is 1. The topological polar surface area (TPSA) is 113 Å². The number of carbonyl (C=O) groups is 3. The number of benzene rings is 1. The fourth-order valence-corrected chi connectivity index (χ4v) is 4.03. The molecule has 1 saturated heterocycles. The van der Waals surface area contributed by atoms with E-state index in [2.05, 4.69) is 36.9 Å². The summed E-state index contributed by atoms with van der Waals surface area (Å²) in [6.07, 6.45) is -0.651. The number of amides is 3. The molecular formula is C24H32BrN5O4. The number of alkyl carbamates (subject to hydrolysis) is 1. The molecule has 0 saturated carbocycles. The van der Waals surface area contributed by atoms with Gasteiger partial charge in [0.05, 0.1) is 17.3 Å². The van der Waals surface area contributed by atoms with Crippen molar-refractivity contribution in [1.29, 1.82) is 0 Å². The summed E-state index contributed by atoms with van der Waals surface area (Å²) in [4.78, 5) is 44.0. The summed E-state index contributed by atoms with van der Waals surface area (Å²) >= 11 is 3.46. The Morgan fingerprint density at radius 3 is 2.59 bits per heavy atom. The molecule has 0 spiro atoms. The fraction of sp³-hybridized carbons (Fsp3) is 0.500. The summed E-state index contributed by atoms with van der Waals surface area (Å²) in [7, 11) is 0. The molecule has 1 aliphatic rings. The predicted molar refractivity (Wildman–Crippen MR) is 133 cm³/mol. The third kappa shape index (κ3) is 6.89. The molecule has 2 heterocycles. The van der Waals surface area contributed by atoms with Crippen LogP contribution in [0.5, 0.6) is 0 Å². The second-order valence-electron chi connectivity index (χ2n) is 9.46. The lowest BCUT2D eigenvalue weighted by Crippen LogP contribution is -2.61. The maximum Gasteiger partial charge on any atom is 0.408 e. The highest BCUT2D eigenvalue weighted by atomic mass is 79.9. The molecule has 9 nitrogen and oxygen atoms in total. The fourth-order valence-electron chi connectivity index (χ4n) is 3.68. The maximum absolute atomic E-state index is 12.9. The van der Waals surface area contributed by atoms with E-state index in [0.717, 1.165) is 21.1 Å². The molecule has 3 N–H and O–H groups in total. The Labute approximate surface area is 208 Å². The minimum atomic E-state index is -0.767. The van der Waals surface area contributed by atoms with Crippen LogP contribution in [0.1, 0.15) is 46.4 Å². The number of nitrogens with zero attached hydrogens (tertiary/aromatic N) is 2. The van der Waals surface area contributed by atoms with Crippen LogP contribution in [0.4, 0.5) is 4.79 Å². The van der Waals surface area contributed by atoms with Crippen LogP contribution in [-0.2, 0) is 14.3 Å². The van der Waals surface area contributed by atoms with Crippen LogP contribution in [-0.4, -0.2) is 65.1 Å². The smallest absolute Gasteiger partial charge is 0.408 e. The molecule has 3 atom stereocenters. The molecule has 0 aliphatic carbocycles. The Hall–Kier alpha value is -2.72. The molecule has 0 radical (unpaired) electrons. The molecular weight excluding hydrogens is 502 g/mol. The Kier molecular flexibility index (Phi) is 8.14. The van der Waals surface area contributed by atoms with Crippen molar-refractivity contribution in [2.24, 2.45) is 0 Å². The number of halogens is 1. The number of rotatable bonds is 5. The van der Waals surface area contributed by atoms with Crippen LogP contribution in [0.3, 0.4) is 0 Å². The molecule has 34 heavy (non-hydrogen) atoms. The molecule has 1 aromatic heterocycles. The standard InChI is InChI=1S/C24H32BrN5O4/c1-14(18-9-7-16-6-8-17(25)12-19(16)29-18)27-21(31)20-13-30(11-10-26-20)22(32)15(2)28-23(33)34-24(3,4)5/h6-9,12,14-15,20,26H,10-11,13H2,1-5H3,(H,27,31)(H,28,33)/t14-,15+,20+/m1/s1. The second kappa shape index (κ2) is 10.7. The number of hydrogen-bond donors (Lipinski definition) is 3. The highest BCUT2D eigenvalue weighted by Gasteiger charge is 2.32. The van der Waals surface area contributed by atoms with E-state index in [1.165, 1.54) is 0 Å². The van der Waals surface area contributed by atoms with Crippen molar-refractivity contribution in [3.05, 3.63) is 40.5 Å². The Balaban J connectivity index is 1.58. The molecule has 10 heteroatoms. The van der Waals surface area contributed by atoms with Crippen LogP contribution < -0.4 is 16.0 Å². The van der Waals surface area contributed by atoms with Crippen molar-refractivity contribution in [2.75, 3.05) is 19.6 Å². The molecule has 1 aliphatic heterocycles. The van der Waals surface area contributed by atoms with E-state index < -0.39 is 23.8 Å². The van der Waals surface area contributed by atoms with Crippen molar-refractivity contribution < 1.29 is 19.1 Å². The average molecular weight is 534 g/mol. The molecule has 1 fully saturated rings. The van der Waals surface area contributed by atoms with Gasteiger partial charge in [-0.05, 0) is 52.8 Å². The maximum atomic E-state index is 12.9. The first kappa shape index (κ1) is 25.9. The number of ether oxygens (including phenoxy) is 1. The molecule has 0 bridgehead atoms. The quantitative estimate of drug-likeness (QED) is 0.544. The molecule has 3 rings (SSSR count). The molecule has 2 aromatic rings. The SMILES string of the molecule is C[C@H](NC(=O)OC(C)(C)C)C(=O)N1CCN[C@H](C(=O)N[C@H](C)c2ccc3ccc(Br)cc3n2)C1. The second-order valence-corrected chi connectivity index (χ2v) is 10.4. The zero-order valence-corrected chi connectivity index (χ0v) is 21.7. The zero-order valence-electron chi connectivity index (χ0n) is 20.1. The summed E-state index contributed by atoms with van der Waals surface area (Å²) < 4.78 is 6.16. The van der Waals surface area contributed by atoms with E-state index in [1.54, 1.807) is 32.6 Å². The zero-order chi connectivity index (χ0) is 25.0. The van der Waals surface area contributed by atoms with E-state index in [-0.39, 0.29) is 24.4 Å². The summed E-state index contributed by atoms with van der Waals surface area (Å²) in [5.74, 6) is -0.478. The number of hydrogen-bond acceptors (Lipinski definition) is 6. The predicted octanol–water partition coefficient (Wildman–Crippen LogP) is 2.89. The molecule has 0 unspecified atom stereocenters. The van der Waals surface area contributed by atoms with Crippen molar-refractivity contribution in [2.45, 2.75) is 58.3 Å². The first-order chi connectivity index (χ1) is 15.9. The van der Waals surface area contributed by atoms with Gasteiger partial charge in [0.1, 0.15) is 17.7 Å². The van der Waals surface area contributed by atoms with Crippen LogP contribution >= 0.6 is 15.9 Å². The van der Waals surface area contributed by atoms with Gasteiger partial charge in [0.15, 0.2) is 0 Å². The first-order valence-electron chi connectivity index (χ1n) is 11.3. The van der Waals surface area contributed by atoms with Crippen LogP contribution in [0, 0.1) is 0 Å². The Morgan fingerprint density at radius 2 is 1.88 bits per heavy atom. The lowest BCUT2D eigenvalue weighted by molar-refractivity contribution is -0.135. The van der Waals surface area contributed by atoms with Crippen molar-refractivity contribution in [1.82, 2.24) is 25.8 Å². The van der Waals surface area contributed by atoms with Gasteiger partial charge in [-0.1, -0.05) is 28.1 Å². The van der Waals surface area contributed by atoms with Gasteiger partial charge in [0, 0.05) is 29.5 Å². The molecule has 1 aromatic carbocycles. The largest absolute Gasteiger partial charge is 0.444 e. The lowest BCUT2D eigenvalue weighted by Gasteiger charge is -2.35. The normalized spacial score (nSPS) is 18.2. The van der Waals surface area contributed by atoms with Crippen LogP contribution in [0.15, 0.2) is 34.8 Å². The summed E-state index contributed by atoms with van der Waals surface area (Å²) in [5.41, 5.74) is 0.933. The highest BCUT2D eigenvalue weighted by molar-refractivity contribution is 9.10. The molecule has 184 valence electrons. The first-order valence-corrected chi connectivity index (χ1v) is 12.1. The number of pyridine rings is 1. The summed E-state index contributed by atoms with van der Waals surface area (Å²) in [5, 5.41) is 9.73. The van der Waals surface area contributed by atoms with Gasteiger partial charge in [-0.25, -0.2) is 4.79 Å². The van der Waals surface area contributed by atoms with Gasteiger partial charge in [-0.15, -0.1) is 0 Å². The van der Waals surface area contributed by atoms with Gasteiger partial charge in [-0.2, -0.15) is 0 Å². The van der Waals surface area contributed by atoms with Crippen molar-refractivity contribution in [3.63, 3.8) is 0 Å².